The molecule has 94 valence electrons. The molecule has 1 fully saturated rings. The summed E-state index contributed by atoms with van der Waals surface area (Å²) in [5.41, 5.74) is -0.170. The number of amides is 1. The van der Waals surface area contributed by atoms with E-state index in [1.54, 1.807) is 0 Å². The molecule has 4 nitrogen and oxygen atoms in total. The van der Waals surface area contributed by atoms with E-state index in [1.807, 2.05) is 0 Å². The second-order valence-electron chi connectivity index (χ2n) is 4.60. The smallest absolute Gasteiger partial charge is 0.227 e. The third-order valence-electron chi connectivity index (χ3n) is 3.52. The van der Waals surface area contributed by atoms with E-state index >= 15 is 0 Å². The summed E-state index contributed by atoms with van der Waals surface area (Å²) in [6, 6.07) is 0. The highest BCUT2D eigenvalue weighted by Crippen LogP contribution is 2.29. The van der Waals surface area contributed by atoms with Gasteiger partial charge < -0.3 is 15.7 Å². The molecule has 1 heterocycles. The summed E-state index contributed by atoms with van der Waals surface area (Å²) in [6.45, 7) is 4.83. The first kappa shape index (κ1) is 13.5. The molecule has 0 aromatic carbocycles. The number of rotatable bonds is 7. The third kappa shape index (κ3) is 3.46. The monoisotopic (exact) mass is 228 g/mol. The van der Waals surface area contributed by atoms with E-state index in [-0.39, 0.29) is 17.9 Å². The van der Waals surface area contributed by atoms with Gasteiger partial charge >= 0.3 is 0 Å². The topological polar surface area (TPSA) is 61.4 Å². The van der Waals surface area contributed by atoms with Crippen molar-refractivity contribution in [1.82, 2.24) is 10.6 Å². The van der Waals surface area contributed by atoms with Crippen molar-refractivity contribution < 1.29 is 9.90 Å². The fourth-order valence-electron chi connectivity index (χ4n) is 2.20. The van der Waals surface area contributed by atoms with Gasteiger partial charge in [0, 0.05) is 19.7 Å². The van der Waals surface area contributed by atoms with Crippen LogP contribution in [0.2, 0.25) is 0 Å². The average molecular weight is 228 g/mol. The summed E-state index contributed by atoms with van der Waals surface area (Å²) in [4.78, 5) is 12.0. The van der Waals surface area contributed by atoms with E-state index in [2.05, 4.69) is 17.6 Å². The molecular formula is C12H24N2O2. The number of carbonyl (C=O) groups excluding carboxylic acids is 1. The fourth-order valence-corrected chi connectivity index (χ4v) is 2.20. The number of hydrogen-bond acceptors (Lipinski definition) is 3. The molecule has 1 rings (SSSR count). The van der Waals surface area contributed by atoms with E-state index in [0.29, 0.717) is 0 Å². The largest absolute Gasteiger partial charge is 0.396 e. The van der Waals surface area contributed by atoms with Crippen LogP contribution in [0.3, 0.4) is 0 Å². The minimum Gasteiger partial charge on any atom is -0.396 e. The molecule has 1 unspecified atom stereocenters. The zero-order valence-electron chi connectivity index (χ0n) is 10.2. The molecule has 0 aromatic rings. The second-order valence-corrected chi connectivity index (χ2v) is 4.60. The Balaban J connectivity index is 2.22. The lowest BCUT2D eigenvalue weighted by Gasteiger charge is -2.25. The predicted molar refractivity (Wildman–Crippen MR) is 64.2 cm³/mol. The fraction of sp³-hybridized carbons (Fsp3) is 0.917. The first-order valence-corrected chi connectivity index (χ1v) is 6.35. The van der Waals surface area contributed by atoms with Crippen LogP contribution >= 0.6 is 0 Å². The lowest BCUT2D eigenvalue weighted by Crippen LogP contribution is -2.42. The highest BCUT2D eigenvalue weighted by atomic mass is 16.2. The molecule has 0 aromatic heterocycles. The minimum absolute atomic E-state index is 0.170. The molecule has 1 atom stereocenters. The molecule has 0 spiro atoms. The molecule has 1 amide bonds. The molecule has 16 heavy (non-hydrogen) atoms. The van der Waals surface area contributed by atoms with Gasteiger partial charge in [-0.15, -0.1) is 0 Å². The van der Waals surface area contributed by atoms with Gasteiger partial charge in [-0.25, -0.2) is 0 Å². The summed E-state index contributed by atoms with van der Waals surface area (Å²) in [7, 11) is 0. The molecule has 0 aliphatic carbocycles. The predicted octanol–water partition coefficient (Wildman–Crippen LogP) is 0.655. The van der Waals surface area contributed by atoms with Crippen LogP contribution in [0, 0.1) is 5.41 Å². The van der Waals surface area contributed by atoms with E-state index < -0.39 is 0 Å². The van der Waals surface area contributed by atoms with Crippen molar-refractivity contribution in [3.05, 3.63) is 0 Å². The van der Waals surface area contributed by atoms with Crippen LogP contribution in [0.15, 0.2) is 0 Å². The maximum absolute atomic E-state index is 12.0. The van der Waals surface area contributed by atoms with Crippen LogP contribution in [0.5, 0.6) is 0 Å². The zero-order valence-corrected chi connectivity index (χ0v) is 10.2. The van der Waals surface area contributed by atoms with Crippen LogP contribution < -0.4 is 10.6 Å². The molecule has 1 aliphatic heterocycles. The highest BCUT2D eigenvalue weighted by molar-refractivity contribution is 5.83. The number of aliphatic hydroxyl groups excluding tert-OH is 1. The first-order chi connectivity index (χ1) is 7.75. The standard InChI is InChI=1S/C12H24N2O2/c1-2-12(6-8-13-10-12)11(16)14-7-4-3-5-9-15/h13,15H,2-10H2,1H3,(H,14,16). The number of hydrogen-bond donors (Lipinski definition) is 3. The quantitative estimate of drug-likeness (QED) is 0.561. The van der Waals surface area contributed by atoms with Gasteiger partial charge in [0.05, 0.1) is 5.41 Å². The number of nitrogens with one attached hydrogen (secondary N) is 2. The Morgan fingerprint density at radius 3 is 2.81 bits per heavy atom. The van der Waals surface area contributed by atoms with Crippen LogP contribution in [0.25, 0.3) is 0 Å². The van der Waals surface area contributed by atoms with Crippen molar-refractivity contribution in [3.63, 3.8) is 0 Å². The van der Waals surface area contributed by atoms with Crippen molar-refractivity contribution >= 4 is 5.91 Å². The highest BCUT2D eigenvalue weighted by Gasteiger charge is 2.38. The Bertz CT molecular complexity index is 213. The minimum atomic E-state index is -0.170. The number of unbranched alkanes of at least 4 members (excludes halogenated alkanes) is 2. The summed E-state index contributed by atoms with van der Waals surface area (Å²) in [6.07, 6.45) is 4.62. The summed E-state index contributed by atoms with van der Waals surface area (Å²) < 4.78 is 0. The molecule has 0 bridgehead atoms. The van der Waals surface area contributed by atoms with Crippen molar-refractivity contribution in [2.24, 2.45) is 5.41 Å². The molecular weight excluding hydrogens is 204 g/mol. The van der Waals surface area contributed by atoms with Gasteiger partial charge in [0.2, 0.25) is 5.91 Å². The molecule has 4 heteroatoms. The van der Waals surface area contributed by atoms with Gasteiger partial charge in [-0.05, 0) is 38.6 Å². The Labute approximate surface area is 97.8 Å². The summed E-state index contributed by atoms with van der Waals surface area (Å²) in [5, 5.41) is 14.9. The Morgan fingerprint density at radius 1 is 1.44 bits per heavy atom. The lowest BCUT2D eigenvalue weighted by atomic mass is 9.83. The van der Waals surface area contributed by atoms with Crippen molar-refractivity contribution in [3.8, 4) is 0 Å². The lowest BCUT2D eigenvalue weighted by molar-refractivity contribution is -0.130. The van der Waals surface area contributed by atoms with Gasteiger partial charge in [0.25, 0.3) is 0 Å². The normalized spacial score (nSPS) is 24.6. The summed E-state index contributed by atoms with van der Waals surface area (Å²) >= 11 is 0. The van der Waals surface area contributed by atoms with E-state index in [9.17, 15) is 4.79 Å². The average Bonchev–Trinajstić information content (AvgIpc) is 2.78. The zero-order chi connectivity index (χ0) is 11.9. The van der Waals surface area contributed by atoms with Gasteiger partial charge in [-0.1, -0.05) is 6.92 Å². The van der Waals surface area contributed by atoms with E-state index in [1.165, 1.54) is 0 Å². The Kier molecular flexibility index (Phi) is 5.77. The SMILES string of the molecule is CCC1(C(=O)NCCCCCO)CCNC1. The number of aliphatic hydroxyl groups is 1. The molecule has 1 aliphatic rings. The Hall–Kier alpha value is -0.610. The van der Waals surface area contributed by atoms with Crippen molar-refractivity contribution in [1.29, 1.82) is 0 Å². The molecule has 1 saturated heterocycles. The van der Waals surface area contributed by atoms with E-state index in [4.69, 9.17) is 5.11 Å². The van der Waals surface area contributed by atoms with Gasteiger partial charge in [-0.3, -0.25) is 4.79 Å². The van der Waals surface area contributed by atoms with Gasteiger partial charge in [0.1, 0.15) is 0 Å². The maximum atomic E-state index is 12.0. The van der Waals surface area contributed by atoms with Crippen LogP contribution in [-0.4, -0.2) is 37.3 Å². The van der Waals surface area contributed by atoms with Gasteiger partial charge in [-0.2, -0.15) is 0 Å². The van der Waals surface area contributed by atoms with Crippen molar-refractivity contribution in [2.45, 2.75) is 39.0 Å². The summed E-state index contributed by atoms with van der Waals surface area (Å²) in [5.74, 6) is 0.198. The molecule has 0 saturated carbocycles. The number of carbonyl (C=O) groups is 1. The first-order valence-electron chi connectivity index (χ1n) is 6.35. The van der Waals surface area contributed by atoms with Crippen LogP contribution in [0.4, 0.5) is 0 Å². The maximum Gasteiger partial charge on any atom is 0.227 e. The molecule has 0 radical (unpaired) electrons. The second kappa shape index (κ2) is 6.86. The van der Waals surface area contributed by atoms with E-state index in [0.717, 1.165) is 51.7 Å². The van der Waals surface area contributed by atoms with Crippen LogP contribution in [-0.2, 0) is 4.79 Å². The van der Waals surface area contributed by atoms with Crippen LogP contribution in [0.1, 0.15) is 39.0 Å². The Morgan fingerprint density at radius 2 is 2.25 bits per heavy atom. The molecule has 3 N–H and O–H groups in total. The third-order valence-corrected chi connectivity index (χ3v) is 3.52. The van der Waals surface area contributed by atoms with Crippen molar-refractivity contribution in [2.75, 3.05) is 26.2 Å². The van der Waals surface area contributed by atoms with Gasteiger partial charge in [0.15, 0.2) is 0 Å².